The van der Waals surface area contributed by atoms with Gasteiger partial charge in [-0.05, 0) is 45.2 Å². The van der Waals surface area contributed by atoms with Crippen LogP contribution in [0.2, 0.25) is 0 Å². The van der Waals surface area contributed by atoms with Crippen molar-refractivity contribution in [2.45, 2.75) is 51.2 Å². The van der Waals surface area contributed by atoms with E-state index in [1.807, 2.05) is 38.2 Å². The molecule has 2 rings (SSSR count). The minimum atomic E-state index is -0.483. The molecule has 6 nitrogen and oxygen atoms in total. The zero-order chi connectivity index (χ0) is 15.9. The molecule has 1 aromatic heterocycles. The quantitative estimate of drug-likeness (QED) is 0.546. The highest BCUT2D eigenvalue weighted by Crippen LogP contribution is 2.17. The van der Waals surface area contributed by atoms with Gasteiger partial charge in [-0.15, -0.1) is 0 Å². The third-order valence-corrected chi connectivity index (χ3v) is 4.30. The van der Waals surface area contributed by atoms with Gasteiger partial charge in [0.15, 0.2) is 0 Å². The molecule has 0 aromatic carbocycles. The Labute approximate surface area is 132 Å². The van der Waals surface area contributed by atoms with Crippen molar-refractivity contribution in [2.75, 3.05) is 6.54 Å². The lowest BCUT2D eigenvalue weighted by atomic mass is 9.88. The first kappa shape index (κ1) is 16.9. The molecule has 1 aliphatic rings. The van der Waals surface area contributed by atoms with Crippen LogP contribution in [0.1, 0.15) is 32.4 Å². The number of nitrogens with one attached hydrogen (secondary N) is 3. The van der Waals surface area contributed by atoms with Crippen molar-refractivity contribution in [2.24, 2.45) is 11.7 Å². The van der Waals surface area contributed by atoms with Crippen molar-refractivity contribution in [1.82, 2.24) is 21.2 Å². The van der Waals surface area contributed by atoms with Crippen LogP contribution in [0.5, 0.6) is 0 Å². The number of aromatic nitrogens is 1. The SMILES string of the molecule is CC1NNC(C)C1C(N)C(=O)NCCCCc1ccccn1. The molecule has 0 radical (unpaired) electrons. The Kier molecular flexibility index (Phi) is 6.30. The summed E-state index contributed by atoms with van der Waals surface area (Å²) in [5, 5.41) is 2.95. The number of aryl methyl sites for hydroxylation is 1. The number of nitrogens with two attached hydrogens (primary N) is 1. The summed E-state index contributed by atoms with van der Waals surface area (Å²) in [6.07, 6.45) is 4.68. The van der Waals surface area contributed by atoms with Crippen LogP contribution >= 0.6 is 0 Å². The van der Waals surface area contributed by atoms with Gasteiger partial charge in [0.2, 0.25) is 5.91 Å². The summed E-state index contributed by atoms with van der Waals surface area (Å²) in [5.74, 6) is 0.0422. The Morgan fingerprint density at radius 3 is 2.68 bits per heavy atom. The Morgan fingerprint density at radius 1 is 1.32 bits per heavy atom. The number of carbonyl (C=O) groups is 1. The van der Waals surface area contributed by atoms with Crippen molar-refractivity contribution < 1.29 is 4.79 Å². The van der Waals surface area contributed by atoms with E-state index in [4.69, 9.17) is 5.73 Å². The molecule has 0 aliphatic carbocycles. The smallest absolute Gasteiger partial charge is 0.237 e. The lowest BCUT2D eigenvalue weighted by molar-refractivity contribution is -0.123. The van der Waals surface area contributed by atoms with Gasteiger partial charge in [-0.2, -0.15) is 0 Å². The monoisotopic (exact) mass is 305 g/mol. The van der Waals surface area contributed by atoms with E-state index >= 15 is 0 Å². The van der Waals surface area contributed by atoms with Crippen molar-refractivity contribution in [3.05, 3.63) is 30.1 Å². The van der Waals surface area contributed by atoms with Gasteiger partial charge in [-0.1, -0.05) is 6.07 Å². The van der Waals surface area contributed by atoms with Gasteiger partial charge in [0, 0.05) is 36.4 Å². The number of nitrogens with zero attached hydrogens (tertiary/aromatic N) is 1. The minimum absolute atomic E-state index is 0.0629. The number of hydrazine groups is 1. The van der Waals surface area contributed by atoms with Gasteiger partial charge >= 0.3 is 0 Å². The third-order valence-electron chi connectivity index (χ3n) is 4.30. The average Bonchev–Trinajstić information content (AvgIpc) is 2.86. The van der Waals surface area contributed by atoms with Crippen LogP contribution in [0, 0.1) is 5.92 Å². The highest BCUT2D eigenvalue weighted by atomic mass is 16.2. The highest BCUT2D eigenvalue weighted by Gasteiger charge is 2.37. The highest BCUT2D eigenvalue weighted by molar-refractivity contribution is 5.82. The third kappa shape index (κ3) is 4.50. The van der Waals surface area contributed by atoms with Gasteiger partial charge in [-0.3, -0.25) is 20.6 Å². The van der Waals surface area contributed by atoms with E-state index in [1.165, 1.54) is 0 Å². The molecule has 3 unspecified atom stereocenters. The molecule has 6 heteroatoms. The number of hydrogen-bond acceptors (Lipinski definition) is 5. The number of rotatable bonds is 7. The fraction of sp³-hybridized carbons (Fsp3) is 0.625. The predicted molar refractivity (Wildman–Crippen MR) is 86.8 cm³/mol. The molecule has 22 heavy (non-hydrogen) atoms. The predicted octanol–water partition coefficient (Wildman–Crippen LogP) is 0.349. The van der Waals surface area contributed by atoms with Crippen LogP contribution in [-0.2, 0) is 11.2 Å². The lowest BCUT2D eigenvalue weighted by Crippen LogP contribution is -2.51. The van der Waals surface area contributed by atoms with Crippen molar-refractivity contribution in [1.29, 1.82) is 0 Å². The second-order valence-corrected chi connectivity index (χ2v) is 6.04. The molecule has 1 saturated heterocycles. The first-order valence-electron chi connectivity index (χ1n) is 8.04. The fourth-order valence-corrected chi connectivity index (χ4v) is 2.99. The first-order chi connectivity index (χ1) is 10.6. The van der Waals surface area contributed by atoms with E-state index in [-0.39, 0.29) is 23.9 Å². The van der Waals surface area contributed by atoms with Crippen molar-refractivity contribution in [3.8, 4) is 0 Å². The van der Waals surface area contributed by atoms with Gasteiger partial charge in [0.1, 0.15) is 0 Å². The molecular weight excluding hydrogens is 278 g/mol. The van der Waals surface area contributed by atoms with E-state index in [0.717, 1.165) is 25.0 Å². The van der Waals surface area contributed by atoms with Crippen LogP contribution in [-0.4, -0.2) is 35.6 Å². The molecule has 1 amide bonds. The zero-order valence-electron chi connectivity index (χ0n) is 13.4. The number of pyridine rings is 1. The largest absolute Gasteiger partial charge is 0.355 e. The van der Waals surface area contributed by atoms with E-state index in [0.29, 0.717) is 6.54 Å². The summed E-state index contributed by atoms with van der Waals surface area (Å²) < 4.78 is 0. The standard InChI is InChI=1S/C16H27N5O/c1-11-14(12(2)21-20-11)15(17)16(22)19-10-6-4-8-13-7-3-5-9-18-13/h3,5,7,9,11-12,14-15,20-21H,4,6,8,10,17H2,1-2H3,(H,19,22). The number of hydrogen-bond donors (Lipinski definition) is 4. The topological polar surface area (TPSA) is 92.1 Å². The van der Waals surface area contributed by atoms with Crippen molar-refractivity contribution >= 4 is 5.91 Å². The lowest BCUT2D eigenvalue weighted by Gasteiger charge is -2.24. The van der Waals surface area contributed by atoms with Crippen molar-refractivity contribution in [3.63, 3.8) is 0 Å². The summed E-state index contributed by atoms with van der Waals surface area (Å²) in [6.45, 7) is 4.75. The summed E-state index contributed by atoms with van der Waals surface area (Å²) in [5.41, 5.74) is 13.5. The minimum Gasteiger partial charge on any atom is -0.355 e. The van der Waals surface area contributed by atoms with Crippen LogP contribution in [0.15, 0.2) is 24.4 Å². The number of carbonyl (C=O) groups excluding carboxylic acids is 1. The summed E-state index contributed by atoms with van der Waals surface area (Å²) in [4.78, 5) is 16.4. The van der Waals surface area contributed by atoms with E-state index in [1.54, 1.807) is 0 Å². The summed E-state index contributed by atoms with van der Waals surface area (Å²) >= 11 is 0. The summed E-state index contributed by atoms with van der Waals surface area (Å²) in [7, 11) is 0. The molecule has 1 fully saturated rings. The van der Waals surface area contributed by atoms with E-state index in [2.05, 4.69) is 21.2 Å². The first-order valence-corrected chi connectivity index (χ1v) is 8.04. The molecular formula is C16H27N5O. The van der Waals surface area contributed by atoms with E-state index < -0.39 is 6.04 Å². The van der Waals surface area contributed by atoms with E-state index in [9.17, 15) is 4.79 Å². The van der Waals surface area contributed by atoms with Crippen LogP contribution < -0.4 is 21.9 Å². The molecule has 0 spiro atoms. The second kappa shape index (κ2) is 8.22. The maximum Gasteiger partial charge on any atom is 0.237 e. The van der Waals surface area contributed by atoms with Gasteiger partial charge in [-0.25, -0.2) is 0 Å². The molecule has 2 heterocycles. The van der Waals surface area contributed by atoms with Gasteiger partial charge in [0.05, 0.1) is 6.04 Å². The molecule has 122 valence electrons. The Morgan fingerprint density at radius 2 is 2.05 bits per heavy atom. The molecule has 5 N–H and O–H groups in total. The maximum atomic E-state index is 12.2. The number of amides is 1. The second-order valence-electron chi connectivity index (χ2n) is 6.04. The molecule has 3 atom stereocenters. The van der Waals surface area contributed by atoms with Crippen LogP contribution in [0.4, 0.5) is 0 Å². The Hall–Kier alpha value is -1.50. The molecule has 0 bridgehead atoms. The zero-order valence-corrected chi connectivity index (χ0v) is 13.4. The Balaban J connectivity index is 1.65. The summed E-state index contributed by atoms with van der Waals surface area (Å²) in [6, 6.07) is 5.84. The van der Waals surface area contributed by atoms with Crippen LogP contribution in [0.25, 0.3) is 0 Å². The van der Waals surface area contributed by atoms with Gasteiger partial charge < -0.3 is 11.1 Å². The fourth-order valence-electron chi connectivity index (χ4n) is 2.99. The van der Waals surface area contributed by atoms with Gasteiger partial charge in [0.25, 0.3) is 0 Å². The Bertz CT molecular complexity index is 457. The number of unbranched alkanes of at least 4 members (excludes halogenated alkanes) is 1. The normalized spacial score (nSPS) is 25.9. The molecule has 1 aromatic rings. The average molecular weight is 305 g/mol. The van der Waals surface area contributed by atoms with Crippen LogP contribution in [0.3, 0.4) is 0 Å². The maximum absolute atomic E-state index is 12.2. The molecule has 1 aliphatic heterocycles. The molecule has 0 saturated carbocycles.